The highest BCUT2D eigenvalue weighted by Gasteiger charge is 2.21. The summed E-state index contributed by atoms with van der Waals surface area (Å²) in [6, 6.07) is 6.68. The maximum Gasteiger partial charge on any atom is 0.120 e. The molecule has 1 fully saturated rings. The molecule has 3 rings (SSSR count). The summed E-state index contributed by atoms with van der Waals surface area (Å²) in [4.78, 5) is 0. The van der Waals surface area contributed by atoms with Crippen LogP contribution in [0.5, 0.6) is 5.75 Å². The van der Waals surface area contributed by atoms with E-state index in [-0.39, 0.29) is 6.04 Å². The average Bonchev–Trinajstić information content (AvgIpc) is 2.90. The van der Waals surface area contributed by atoms with E-state index in [1.807, 2.05) is 0 Å². The Hall–Kier alpha value is -1.02. The SMILES string of the molecule is N[C@H]1CCc2cc(OC3CCCC3)ccc21. The average molecular weight is 217 g/mol. The van der Waals surface area contributed by atoms with Crippen molar-refractivity contribution >= 4 is 0 Å². The molecule has 0 amide bonds. The highest BCUT2D eigenvalue weighted by atomic mass is 16.5. The lowest BCUT2D eigenvalue weighted by Gasteiger charge is -2.14. The summed E-state index contributed by atoms with van der Waals surface area (Å²) in [5.74, 6) is 1.04. The van der Waals surface area contributed by atoms with Crippen LogP contribution in [0.1, 0.15) is 49.3 Å². The summed E-state index contributed by atoms with van der Waals surface area (Å²) in [6.07, 6.45) is 7.72. The third kappa shape index (κ3) is 1.82. The van der Waals surface area contributed by atoms with Crippen LogP contribution in [0, 0.1) is 0 Å². The van der Waals surface area contributed by atoms with E-state index in [1.54, 1.807) is 0 Å². The van der Waals surface area contributed by atoms with Crippen molar-refractivity contribution in [3.63, 3.8) is 0 Å². The Balaban J connectivity index is 1.76. The molecule has 2 heteroatoms. The molecule has 0 spiro atoms. The number of aryl methyl sites for hydroxylation is 1. The van der Waals surface area contributed by atoms with Crippen molar-refractivity contribution in [1.29, 1.82) is 0 Å². The van der Waals surface area contributed by atoms with Gasteiger partial charge in [-0.05, 0) is 61.8 Å². The van der Waals surface area contributed by atoms with E-state index >= 15 is 0 Å². The van der Waals surface area contributed by atoms with Gasteiger partial charge in [-0.3, -0.25) is 0 Å². The van der Waals surface area contributed by atoms with Gasteiger partial charge in [-0.2, -0.15) is 0 Å². The van der Waals surface area contributed by atoms with Crippen molar-refractivity contribution in [3.8, 4) is 5.75 Å². The Bertz CT molecular complexity index is 382. The predicted molar refractivity (Wildman–Crippen MR) is 64.6 cm³/mol. The summed E-state index contributed by atoms with van der Waals surface area (Å²) in [5, 5.41) is 0. The van der Waals surface area contributed by atoms with Crippen molar-refractivity contribution in [3.05, 3.63) is 29.3 Å². The molecule has 86 valence electrons. The molecule has 0 saturated heterocycles. The van der Waals surface area contributed by atoms with E-state index in [2.05, 4.69) is 18.2 Å². The number of fused-ring (bicyclic) bond motifs is 1. The van der Waals surface area contributed by atoms with Gasteiger partial charge >= 0.3 is 0 Å². The summed E-state index contributed by atoms with van der Waals surface area (Å²) in [7, 11) is 0. The minimum atomic E-state index is 0.246. The van der Waals surface area contributed by atoms with Crippen molar-refractivity contribution in [1.82, 2.24) is 0 Å². The monoisotopic (exact) mass is 217 g/mol. The van der Waals surface area contributed by atoms with Gasteiger partial charge in [0.25, 0.3) is 0 Å². The van der Waals surface area contributed by atoms with Crippen LogP contribution in [0.4, 0.5) is 0 Å². The Labute approximate surface area is 96.8 Å². The molecule has 0 bridgehead atoms. The van der Waals surface area contributed by atoms with Gasteiger partial charge in [0.1, 0.15) is 5.75 Å². The third-order valence-electron chi connectivity index (χ3n) is 3.84. The molecule has 0 radical (unpaired) electrons. The van der Waals surface area contributed by atoms with Crippen LogP contribution in [0.2, 0.25) is 0 Å². The first-order chi connectivity index (χ1) is 7.83. The van der Waals surface area contributed by atoms with Gasteiger partial charge < -0.3 is 10.5 Å². The van der Waals surface area contributed by atoms with Crippen LogP contribution >= 0.6 is 0 Å². The van der Waals surface area contributed by atoms with Gasteiger partial charge in [-0.1, -0.05) is 6.07 Å². The van der Waals surface area contributed by atoms with E-state index in [0.717, 1.165) is 18.6 Å². The lowest BCUT2D eigenvalue weighted by molar-refractivity contribution is 0.210. The van der Waals surface area contributed by atoms with E-state index in [9.17, 15) is 0 Å². The fraction of sp³-hybridized carbons (Fsp3) is 0.571. The number of hydrogen-bond donors (Lipinski definition) is 1. The maximum atomic E-state index is 6.02. The number of nitrogens with two attached hydrogens (primary N) is 1. The first-order valence-electron chi connectivity index (χ1n) is 6.38. The molecule has 0 aliphatic heterocycles. The lowest BCUT2D eigenvalue weighted by atomic mass is 10.1. The molecule has 16 heavy (non-hydrogen) atoms. The van der Waals surface area contributed by atoms with Crippen molar-refractivity contribution in [2.45, 2.75) is 50.7 Å². The highest BCUT2D eigenvalue weighted by molar-refractivity contribution is 5.40. The molecule has 2 aliphatic rings. The van der Waals surface area contributed by atoms with E-state index < -0.39 is 0 Å². The molecular weight excluding hydrogens is 198 g/mol. The molecule has 0 heterocycles. The van der Waals surface area contributed by atoms with E-state index in [4.69, 9.17) is 10.5 Å². The number of hydrogen-bond acceptors (Lipinski definition) is 2. The minimum Gasteiger partial charge on any atom is -0.490 e. The fourth-order valence-electron chi connectivity index (χ4n) is 2.90. The molecule has 0 unspecified atom stereocenters. The van der Waals surface area contributed by atoms with Gasteiger partial charge in [-0.25, -0.2) is 0 Å². The van der Waals surface area contributed by atoms with E-state index in [0.29, 0.717) is 6.10 Å². The molecule has 1 aromatic rings. The molecule has 1 aromatic carbocycles. The second-order valence-corrected chi connectivity index (χ2v) is 5.03. The zero-order valence-electron chi connectivity index (χ0n) is 9.61. The number of benzene rings is 1. The Morgan fingerprint density at radius 3 is 2.75 bits per heavy atom. The molecule has 2 aliphatic carbocycles. The Morgan fingerprint density at radius 2 is 1.94 bits per heavy atom. The topological polar surface area (TPSA) is 35.2 Å². The van der Waals surface area contributed by atoms with Gasteiger partial charge in [0.2, 0.25) is 0 Å². The van der Waals surface area contributed by atoms with Crippen LogP contribution in [0.3, 0.4) is 0 Å². The van der Waals surface area contributed by atoms with Crippen LogP contribution in [-0.2, 0) is 6.42 Å². The van der Waals surface area contributed by atoms with Crippen LogP contribution in [0.25, 0.3) is 0 Å². The molecule has 2 nitrogen and oxygen atoms in total. The summed E-state index contributed by atoms with van der Waals surface area (Å²) < 4.78 is 5.99. The van der Waals surface area contributed by atoms with Crippen LogP contribution in [-0.4, -0.2) is 6.10 Å². The maximum absolute atomic E-state index is 6.02. The second-order valence-electron chi connectivity index (χ2n) is 5.03. The van der Waals surface area contributed by atoms with E-state index in [1.165, 1.54) is 36.8 Å². The number of rotatable bonds is 2. The summed E-state index contributed by atoms with van der Waals surface area (Å²) >= 11 is 0. The molecule has 1 saturated carbocycles. The van der Waals surface area contributed by atoms with Crippen LogP contribution in [0.15, 0.2) is 18.2 Å². The minimum absolute atomic E-state index is 0.246. The second kappa shape index (κ2) is 4.10. The first kappa shape index (κ1) is 10.2. The third-order valence-corrected chi connectivity index (χ3v) is 3.84. The largest absolute Gasteiger partial charge is 0.490 e. The smallest absolute Gasteiger partial charge is 0.120 e. The van der Waals surface area contributed by atoms with Gasteiger partial charge in [0, 0.05) is 6.04 Å². The van der Waals surface area contributed by atoms with Crippen molar-refractivity contribution in [2.75, 3.05) is 0 Å². The number of ether oxygens (including phenoxy) is 1. The Morgan fingerprint density at radius 1 is 1.12 bits per heavy atom. The normalized spacial score (nSPS) is 24.7. The van der Waals surface area contributed by atoms with Crippen molar-refractivity contribution in [2.24, 2.45) is 5.73 Å². The Kier molecular flexibility index (Phi) is 2.60. The van der Waals surface area contributed by atoms with Crippen molar-refractivity contribution < 1.29 is 4.74 Å². The standard InChI is InChI=1S/C14H19NO/c15-14-8-5-10-9-12(6-7-13(10)14)16-11-3-1-2-4-11/h6-7,9,11,14H,1-5,8,15H2/t14-/m0/s1. The van der Waals surface area contributed by atoms with Crippen LogP contribution < -0.4 is 10.5 Å². The molecule has 2 N–H and O–H groups in total. The zero-order valence-corrected chi connectivity index (χ0v) is 9.61. The zero-order chi connectivity index (χ0) is 11.0. The van der Waals surface area contributed by atoms with Gasteiger partial charge in [0.05, 0.1) is 6.10 Å². The lowest BCUT2D eigenvalue weighted by Crippen LogP contribution is -2.11. The molecular formula is C14H19NO. The predicted octanol–water partition coefficient (Wildman–Crippen LogP) is 2.95. The summed E-state index contributed by atoms with van der Waals surface area (Å²) in [6.45, 7) is 0. The van der Waals surface area contributed by atoms with Gasteiger partial charge in [-0.15, -0.1) is 0 Å². The first-order valence-corrected chi connectivity index (χ1v) is 6.38. The highest BCUT2D eigenvalue weighted by Crippen LogP contribution is 2.33. The quantitative estimate of drug-likeness (QED) is 0.826. The molecule has 0 aromatic heterocycles. The molecule has 1 atom stereocenters. The summed E-state index contributed by atoms with van der Waals surface area (Å²) in [5.41, 5.74) is 8.73. The van der Waals surface area contributed by atoms with Gasteiger partial charge in [0.15, 0.2) is 0 Å². The fourth-order valence-corrected chi connectivity index (χ4v) is 2.90.